The number of hydrogen-bond donors (Lipinski definition) is 1. The molecule has 2 heterocycles. The van der Waals surface area contributed by atoms with Gasteiger partial charge in [0, 0.05) is 38.8 Å². The van der Waals surface area contributed by atoms with Crippen molar-refractivity contribution in [3.63, 3.8) is 0 Å². The van der Waals surface area contributed by atoms with Crippen molar-refractivity contribution in [1.82, 2.24) is 9.80 Å². The number of nitrogens with zero attached hydrogens (tertiary/aromatic N) is 2. The molecule has 1 fully saturated rings. The van der Waals surface area contributed by atoms with E-state index in [1.54, 1.807) is 6.26 Å². The van der Waals surface area contributed by atoms with Crippen molar-refractivity contribution >= 4 is 0 Å². The third-order valence-electron chi connectivity index (χ3n) is 3.84. The molecule has 1 aromatic heterocycles. The number of piperazine rings is 1. The summed E-state index contributed by atoms with van der Waals surface area (Å²) in [6.45, 7) is 9.48. The Morgan fingerprint density at radius 1 is 1.45 bits per heavy atom. The van der Waals surface area contributed by atoms with Gasteiger partial charge in [-0.15, -0.1) is 0 Å². The van der Waals surface area contributed by atoms with E-state index in [2.05, 4.69) is 29.7 Å². The second-order valence-electron chi connectivity index (χ2n) is 5.76. The predicted molar refractivity (Wildman–Crippen MR) is 80.5 cm³/mol. The summed E-state index contributed by atoms with van der Waals surface area (Å²) in [7, 11) is 0. The molecule has 0 spiro atoms. The SMILES string of the molecule is CC(C)=CCN1CCN(Cc2ccco2)C[C@H]1CCO. The third kappa shape index (κ3) is 4.47. The molecule has 0 aromatic carbocycles. The Morgan fingerprint density at radius 2 is 2.30 bits per heavy atom. The van der Waals surface area contributed by atoms with Gasteiger partial charge in [-0.3, -0.25) is 9.80 Å². The van der Waals surface area contributed by atoms with Gasteiger partial charge < -0.3 is 9.52 Å². The van der Waals surface area contributed by atoms with Crippen LogP contribution in [-0.4, -0.2) is 53.7 Å². The molecule has 0 amide bonds. The van der Waals surface area contributed by atoms with Crippen molar-refractivity contribution in [2.45, 2.75) is 32.9 Å². The van der Waals surface area contributed by atoms with Crippen LogP contribution in [0.5, 0.6) is 0 Å². The number of aliphatic hydroxyl groups is 1. The maximum atomic E-state index is 9.28. The molecule has 112 valence electrons. The van der Waals surface area contributed by atoms with Gasteiger partial charge in [-0.1, -0.05) is 11.6 Å². The van der Waals surface area contributed by atoms with Crippen LogP contribution in [0.2, 0.25) is 0 Å². The molecule has 0 saturated carbocycles. The van der Waals surface area contributed by atoms with E-state index in [1.807, 2.05) is 12.1 Å². The van der Waals surface area contributed by atoms with Crippen molar-refractivity contribution in [3.05, 3.63) is 35.8 Å². The molecule has 1 aliphatic rings. The molecule has 2 rings (SSSR count). The first-order valence-electron chi connectivity index (χ1n) is 7.42. The Hall–Kier alpha value is -1.10. The fraction of sp³-hybridized carbons (Fsp3) is 0.625. The van der Waals surface area contributed by atoms with Crippen molar-refractivity contribution in [3.8, 4) is 0 Å². The molecule has 0 aliphatic carbocycles. The number of allylic oxidation sites excluding steroid dienone is 1. The van der Waals surface area contributed by atoms with Crippen LogP contribution in [0.1, 0.15) is 26.0 Å². The fourth-order valence-corrected chi connectivity index (χ4v) is 2.69. The van der Waals surface area contributed by atoms with Crippen molar-refractivity contribution in [1.29, 1.82) is 0 Å². The summed E-state index contributed by atoms with van der Waals surface area (Å²) in [6, 6.07) is 4.39. The van der Waals surface area contributed by atoms with Crippen LogP contribution in [0.3, 0.4) is 0 Å². The predicted octanol–water partition coefficient (Wildman–Crippen LogP) is 2.11. The van der Waals surface area contributed by atoms with Crippen LogP contribution < -0.4 is 0 Å². The lowest BCUT2D eigenvalue weighted by Crippen LogP contribution is -2.53. The molecule has 1 aliphatic heterocycles. The number of hydrogen-bond acceptors (Lipinski definition) is 4. The fourth-order valence-electron chi connectivity index (χ4n) is 2.69. The highest BCUT2D eigenvalue weighted by Crippen LogP contribution is 2.16. The molecule has 0 radical (unpaired) electrons. The first-order chi connectivity index (χ1) is 9.69. The van der Waals surface area contributed by atoms with Crippen molar-refractivity contribution < 1.29 is 9.52 Å². The van der Waals surface area contributed by atoms with Crippen molar-refractivity contribution in [2.24, 2.45) is 0 Å². The molecular weight excluding hydrogens is 252 g/mol. The molecule has 20 heavy (non-hydrogen) atoms. The van der Waals surface area contributed by atoms with Crippen LogP contribution in [-0.2, 0) is 6.54 Å². The molecule has 4 nitrogen and oxygen atoms in total. The van der Waals surface area contributed by atoms with Crippen LogP contribution in [0, 0.1) is 0 Å². The van der Waals surface area contributed by atoms with E-state index in [4.69, 9.17) is 4.42 Å². The second-order valence-corrected chi connectivity index (χ2v) is 5.76. The lowest BCUT2D eigenvalue weighted by Gasteiger charge is -2.40. The first-order valence-corrected chi connectivity index (χ1v) is 7.42. The van der Waals surface area contributed by atoms with E-state index in [0.29, 0.717) is 6.04 Å². The largest absolute Gasteiger partial charge is 0.468 e. The van der Waals surface area contributed by atoms with Gasteiger partial charge in [0.1, 0.15) is 5.76 Å². The lowest BCUT2D eigenvalue weighted by molar-refractivity contribution is 0.0601. The van der Waals surface area contributed by atoms with Crippen molar-refractivity contribution in [2.75, 3.05) is 32.8 Å². The Bertz CT molecular complexity index is 410. The Morgan fingerprint density at radius 3 is 2.95 bits per heavy atom. The van der Waals surface area contributed by atoms with Crippen LogP contribution in [0.15, 0.2) is 34.5 Å². The summed E-state index contributed by atoms with van der Waals surface area (Å²) in [5, 5.41) is 9.28. The second kappa shape index (κ2) is 7.62. The Balaban J connectivity index is 1.91. The van der Waals surface area contributed by atoms with Gasteiger partial charge >= 0.3 is 0 Å². The number of rotatable bonds is 6. The van der Waals surface area contributed by atoms with Crippen LogP contribution >= 0.6 is 0 Å². The highest BCUT2D eigenvalue weighted by Gasteiger charge is 2.26. The minimum atomic E-state index is 0.255. The Kier molecular flexibility index (Phi) is 5.83. The highest BCUT2D eigenvalue weighted by molar-refractivity contribution is 5.00. The van der Waals surface area contributed by atoms with E-state index in [9.17, 15) is 5.11 Å². The van der Waals surface area contributed by atoms with Crippen LogP contribution in [0.25, 0.3) is 0 Å². The average Bonchev–Trinajstić information content (AvgIpc) is 2.91. The molecule has 4 heteroatoms. The smallest absolute Gasteiger partial charge is 0.117 e. The maximum Gasteiger partial charge on any atom is 0.117 e. The summed E-state index contributed by atoms with van der Waals surface area (Å²) in [5.74, 6) is 1.02. The van der Waals surface area contributed by atoms with Gasteiger partial charge in [-0.25, -0.2) is 0 Å². The molecule has 1 atom stereocenters. The van der Waals surface area contributed by atoms with E-state index in [1.165, 1.54) is 5.57 Å². The average molecular weight is 278 g/mol. The highest BCUT2D eigenvalue weighted by atomic mass is 16.3. The molecule has 0 bridgehead atoms. The summed E-state index contributed by atoms with van der Waals surface area (Å²) in [4.78, 5) is 4.89. The van der Waals surface area contributed by atoms with Gasteiger partial charge in [0.05, 0.1) is 12.8 Å². The van der Waals surface area contributed by atoms with Crippen LogP contribution in [0.4, 0.5) is 0 Å². The molecule has 1 N–H and O–H groups in total. The third-order valence-corrected chi connectivity index (χ3v) is 3.84. The van der Waals surface area contributed by atoms with E-state index < -0.39 is 0 Å². The first kappa shape index (κ1) is 15.3. The standard InChI is InChI=1S/C16H26N2O2/c1-14(2)5-7-18-9-8-17(12-15(18)6-10-19)13-16-4-3-11-20-16/h3-5,11,15,19H,6-10,12-13H2,1-2H3/t15-/m1/s1. The molecular formula is C16H26N2O2. The van der Waals surface area contributed by atoms with Gasteiger partial charge in [0.25, 0.3) is 0 Å². The van der Waals surface area contributed by atoms with Gasteiger partial charge in [-0.05, 0) is 32.4 Å². The maximum absolute atomic E-state index is 9.28. The Labute approximate surface area is 121 Å². The molecule has 1 saturated heterocycles. The van der Waals surface area contributed by atoms with Gasteiger partial charge in [0.15, 0.2) is 0 Å². The molecule has 0 unspecified atom stereocenters. The molecule has 1 aromatic rings. The minimum absolute atomic E-state index is 0.255. The summed E-state index contributed by atoms with van der Waals surface area (Å²) >= 11 is 0. The minimum Gasteiger partial charge on any atom is -0.468 e. The van der Waals surface area contributed by atoms with Gasteiger partial charge in [-0.2, -0.15) is 0 Å². The summed E-state index contributed by atoms with van der Waals surface area (Å²) in [5.41, 5.74) is 1.35. The summed E-state index contributed by atoms with van der Waals surface area (Å²) in [6.07, 6.45) is 4.84. The quantitative estimate of drug-likeness (QED) is 0.809. The van der Waals surface area contributed by atoms with E-state index >= 15 is 0 Å². The van der Waals surface area contributed by atoms with Gasteiger partial charge in [0.2, 0.25) is 0 Å². The van der Waals surface area contributed by atoms with E-state index in [0.717, 1.165) is 44.9 Å². The zero-order chi connectivity index (χ0) is 14.4. The number of furan rings is 1. The zero-order valence-corrected chi connectivity index (χ0v) is 12.6. The topological polar surface area (TPSA) is 39.9 Å². The van der Waals surface area contributed by atoms with E-state index in [-0.39, 0.29) is 6.61 Å². The normalized spacial score (nSPS) is 21.1. The summed E-state index contributed by atoms with van der Waals surface area (Å²) < 4.78 is 5.42. The monoisotopic (exact) mass is 278 g/mol. The zero-order valence-electron chi connectivity index (χ0n) is 12.6. The number of aliphatic hydroxyl groups excluding tert-OH is 1. The lowest BCUT2D eigenvalue weighted by atomic mass is 10.1.